The van der Waals surface area contributed by atoms with Gasteiger partial charge in [-0.1, -0.05) is 48.5 Å². The molecule has 2 rings (SSSR count). The lowest BCUT2D eigenvalue weighted by molar-refractivity contribution is -0.119. The first-order valence-corrected chi connectivity index (χ1v) is 6.48. The predicted molar refractivity (Wildman–Crippen MR) is 77.9 cm³/mol. The molecule has 0 aliphatic heterocycles. The van der Waals surface area contributed by atoms with Gasteiger partial charge in [0.25, 0.3) is 5.91 Å². The van der Waals surface area contributed by atoms with E-state index in [-0.39, 0.29) is 13.2 Å². The maximum Gasteiger partial charge on any atom is 0.407 e. The van der Waals surface area contributed by atoms with Crippen LogP contribution >= 0.6 is 0 Å². The number of carbonyl (C=O) groups excluding carboxylic acids is 2. The van der Waals surface area contributed by atoms with Crippen LogP contribution in [0.5, 0.6) is 0 Å². The fourth-order valence-corrected chi connectivity index (χ4v) is 1.61. The van der Waals surface area contributed by atoms with E-state index in [1.807, 2.05) is 36.4 Å². The van der Waals surface area contributed by atoms with Crippen LogP contribution in [0.25, 0.3) is 0 Å². The summed E-state index contributed by atoms with van der Waals surface area (Å²) in [7, 11) is 0. The molecular formula is C16H15N2O3. The Morgan fingerprint density at radius 2 is 1.57 bits per heavy atom. The third kappa shape index (κ3) is 5.36. The molecule has 0 fully saturated rings. The Bertz CT molecular complexity index is 585. The van der Waals surface area contributed by atoms with Crippen LogP contribution < -0.4 is 10.6 Å². The normalized spacial score (nSPS) is 9.71. The van der Waals surface area contributed by atoms with Gasteiger partial charge in [-0.25, -0.2) is 10.1 Å². The van der Waals surface area contributed by atoms with E-state index in [2.05, 4.69) is 10.6 Å². The molecule has 21 heavy (non-hydrogen) atoms. The molecule has 107 valence electrons. The van der Waals surface area contributed by atoms with Crippen molar-refractivity contribution in [3.05, 3.63) is 66.2 Å². The quantitative estimate of drug-likeness (QED) is 0.915. The number of hydrogen-bond acceptors (Lipinski definition) is 3. The molecule has 5 nitrogen and oxygen atoms in total. The molecule has 0 atom stereocenters. The molecule has 2 aromatic carbocycles. The van der Waals surface area contributed by atoms with Crippen molar-refractivity contribution in [2.75, 3.05) is 6.54 Å². The van der Waals surface area contributed by atoms with Crippen LogP contribution in [0, 0.1) is 0 Å². The van der Waals surface area contributed by atoms with Crippen LogP contribution in [-0.4, -0.2) is 18.5 Å². The van der Waals surface area contributed by atoms with Gasteiger partial charge in [0.2, 0.25) is 0 Å². The first-order chi connectivity index (χ1) is 10.2. The highest BCUT2D eigenvalue weighted by Crippen LogP contribution is 2.04. The van der Waals surface area contributed by atoms with Crippen molar-refractivity contribution in [1.82, 2.24) is 10.6 Å². The van der Waals surface area contributed by atoms with E-state index in [1.54, 1.807) is 24.3 Å². The summed E-state index contributed by atoms with van der Waals surface area (Å²) < 4.78 is 4.98. The molecule has 2 amide bonds. The number of benzene rings is 2. The first kappa shape index (κ1) is 14.6. The SMILES string of the molecule is O=C(CNC(=O)OCc1ccccc1)[N]c1ccccc1. The molecule has 0 heterocycles. The molecule has 0 aromatic heterocycles. The molecule has 0 saturated carbocycles. The second kappa shape index (κ2) is 7.69. The Morgan fingerprint density at radius 3 is 2.24 bits per heavy atom. The zero-order valence-electron chi connectivity index (χ0n) is 11.4. The van der Waals surface area contributed by atoms with Gasteiger partial charge in [-0.3, -0.25) is 4.79 Å². The minimum atomic E-state index is -0.643. The summed E-state index contributed by atoms with van der Waals surface area (Å²) in [5, 5.41) is 6.21. The van der Waals surface area contributed by atoms with E-state index in [9.17, 15) is 9.59 Å². The van der Waals surface area contributed by atoms with Crippen LogP contribution in [0.1, 0.15) is 5.56 Å². The summed E-state index contributed by atoms with van der Waals surface area (Å²) in [5.41, 5.74) is 1.44. The number of nitrogens with zero attached hydrogens (tertiary/aromatic N) is 1. The Balaban J connectivity index is 1.68. The number of ether oxygens (including phenoxy) is 1. The number of para-hydroxylation sites is 1. The van der Waals surface area contributed by atoms with Crippen molar-refractivity contribution >= 4 is 17.7 Å². The van der Waals surface area contributed by atoms with Gasteiger partial charge in [0.1, 0.15) is 13.2 Å². The lowest BCUT2D eigenvalue weighted by atomic mass is 10.2. The minimum absolute atomic E-state index is 0.163. The topological polar surface area (TPSA) is 69.5 Å². The summed E-state index contributed by atoms with van der Waals surface area (Å²) in [6.45, 7) is -0.0286. The van der Waals surface area contributed by atoms with Crippen molar-refractivity contribution in [2.24, 2.45) is 0 Å². The summed E-state index contributed by atoms with van der Waals surface area (Å²) in [5.74, 6) is -0.433. The van der Waals surface area contributed by atoms with Crippen LogP contribution in [0.2, 0.25) is 0 Å². The standard InChI is InChI=1S/C16H15N2O3/c19-15(18-14-9-5-2-6-10-14)11-17-16(20)21-12-13-7-3-1-4-8-13/h1-10H,11-12H2,(H,17,20). The van der Waals surface area contributed by atoms with Crippen LogP contribution in [0.15, 0.2) is 60.7 Å². The largest absolute Gasteiger partial charge is 0.445 e. The lowest BCUT2D eigenvalue weighted by Gasteiger charge is -2.06. The highest BCUT2D eigenvalue weighted by Gasteiger charge is 2.08. The van der Waals surface area contributed by atoms with Gasteiger partial charge in [-0.05, 0) is 17.7 Å². The van der Waals surface area contributed by atoms with Gasteiger partial charge in [-0.2, -0.15) is 0 Å². The summed E-state index contributed by atoms with van der Waals surface area (Å²) in [4.78, 5) is 23.0. The zero-order chi connectivity index (χ0) is 14.9. The summed E-state index contributed by atoms with van der Waals surface area (Å²) in [6, 6.07) is 18.1. The number of rotatable bonds is 5. The molecule has 1 N–H and O–H groups in total. The van der Waals surface area contributed by atoms with Gasteiger partial charge in [-0.15, -0.1) is 0 Å². The Morgan fingerprint density at radius 1 is 0.952 bits per heavy atom. The van der Waals surface area contributed by atoms with E-state index >= 15 is 0 Å². The number of carbonyl (C=O) groups is 2. The molecule has 0 aliphatic rings. The van der Waals surface area contributed by atoms with E-state index in [1.165, 1.54) is 0 Å². The molecule has 5 heteroatoms. The molecule has 1 radical (unpaired) electrons. The molecule has 0 saturated heterocycles. The van der Waals surface area contributed by atoms with Crippen molar-refractivity contribution in [2.45, 2.75) is 6.61 Å². The number of alkyl carbamates (subject to hydrolysis) is 1. The lowest BCUT2D eigenvalue weighted by Crippen LogP contribution is -2.32. The van der Waals surface area contributed by atoms with Gasteiger partial charge in [0.05, 0.1) is 5.69 Å². The summed E-state index contributed by atoms with van der Waals surface area (Å²) >= 11 is 0. The third-order valence-corrected chi connectivity index (χ3v) is 2.61. The maximum atomic E-state index is 11.6. The fourth-order valence-electron chi connectivity index (χ4n) is 1.61. The van der Waals surface area contributed by atoms with Gasteiger partial charge < -0.3 is 10.1 Å². The van der Waals surface area contributed by atoms with Crippen molar-refractivity contribution in [3.63, 3.8) is 0 Å². The van der Waals surface area contributed by atoms with Crippen molar-refractivity contribution < 1.29 is 14.3 Å². The van der Waals surface area contributed by atoms with Gasteiger partial charge in [0, 0.05) is 0 Å². The number of nitrogens with one attached hydrogen (secondary N) is 1. The number of hydrogen-bond donors (Lipinski definition) is 1. The monoisotopic (exact) mass is 283 g/mol. The van der Waals surface area contributed by atoms with E-state index < -0.39 is 12.0 Å². The molecule has 0 aliphatic carbocycles. The molecule has 0 spiro atoms. The summed E-state index contributed by atoms with van der Waals surface area (Å²) in [6.07, 6.45) is -0.643. The van der Waals surface area contributed by atoms with E-state index in [0.717, 1.165) is 5.56 Å². The highest BCUT2D eigenvalue weighted by molar-refractivity contribution is 5.85. The molecular weight excluding hydrogens is 268 g/mol. The van der Waals surface area contributed by atoms with Gasteiger partial charge in [0.15, 0.2) is 0 Å². The third-order valence-electron chi connectivity index (χ3n) is 2.61. The van der Waals surface area contributed by atoms with Crippen molar-refractivity contribution in [3.8, 4) is 0 Å². The van der Waals surface area contributed by atoms with Gasteiger partial charge >= 0.3 is 6.09 Å². The Hall–Kier alpha value is -2.82. The molecule has 0 unspecified atom stereocenters. The zero-order valence-corrected chi connectivity index (χ0v) is 11.4. The number of amides is 2. The second-order valence-corrected chi connectivity index (χ2v) is 4.26. The average Bonchev–Trinajstić information content (AvgIpc) is 2.53. The second-order valence-electron chi connectivity index (χ2n) is 4.26. The minimum Gasteiger partial charge on any atom is -0.445 e. The van der Waals surface area contributed by atoms with Crippen molar-refractivity contribution in [1.29, 1.82) is 0 Å². The Labute approximate surface area is 122 Å². The first-order valence-electron chi connectivity index (χ1n) is 6.48. The predicted octanol–water partition coefficient (Wildman–Crippen LogP) is 2.38. The highest BCUT2D eigenvalue weighted by atomic mass is 16.5. The van der Waals surface area contributed by atoms with E-state index in [0.29, 0.717) is 5.69 Å². The molecule has 0 bridgehead atoms. The van der Waals surface area contributed by atoms with E-state index in [4.69, 9.17) is 4.74 Å². The maximum absolute atomic E-state index is 11.6. The smallest absolute Gasteiger partial charge is 0.407 e. The van der Waals surface area contributed by atoms with Crippen LogP contribution in [0.4, 0.5) is 10.5 Å². The van der Waals surface area contributed by atoms with Crippen LogP contribution in [0.3, 0.4) is 0 Å². The fraction of sp³-hybridized carbons (Fsp3) is 0.125. The Kier molecular flexibility index (Phi) is 5.34. The average molecular weight is 283 g/mol. The molecule has 2 aromatic rings. The van der Waals surface area contributed by atoms with Crippen LogP contribution in [-0.2, 0) is 16.1 Å².